The van der Waals surface area contributed by atoms with E-state index in [0.29, 0.717) is 0 Å². The first kappa shape index (κ1) is 23.0. The second-order valence-corrected chi connectivity index (χ2v) is 9.02. The summed E-state index contributed by atoms with van der Waals surface area (Å²) in [6, 6.07) is 0. The Morgan fingerprint density at radius 2 is 1.61 bits per heavy atom. The van der Waals surface area contributed by atoms with Gasteiger partial charge >= 0.3 is 17.8 Å². The van der Waals surface area contributed by atoms with Crippen LogP contribution in [0.5, 0.6) is 0 Å². The number of rotatable bonds is 13. The van der Waals surface area contributed by atoms with Crippen molar-refractivity contribution in [3.8, 4) is 0 Å². The van der Waals surface area contributed by atoms with Gasteiger partial charge in [-0.25, -0.2) is 0 Å². The zero-order chi connectivity index (χ0) is 18.1. The Hall–Kier alpha value is 0.0400. The molecule has 13 heteroatoms. The average Bonchev–Trinajstić information content (AvgIpc) is 2.49. The van der Waals surface area contributed by atoms with Crippen molar-refractivity contribution in [1.29, 1.82) is 0 Å². The molecule has 0 aliphatic rings. The van der Waals surface area contributed by atoms with Gasteiger partial charge in [-0.3, -0.25) is 4.57 Å². The van der Waals surface area contributed by atoms with E-state index in [9.17, 15) is 17.9 Å². The van der Waals surface area contributed by atoms with Gasteiger partial charge in [0.05, 0.1) is 25.0 Å². The third-order valence-electron chi connectivity index (χ3n) is 2.73. The van der Waals surface area contributed by atoms with Gasteiger partial charge in [0.2, 0.25) is 0 Å². The second kappa shape index (κ2) is 10.8. The number of nitroso groups, excluding NO2 is 1. The molecule has 9 nitrogen and oxygen atoms in total. The molecule has 0 bridgehead atoms. The maximum Gasteiger partial charge on any atom is 0.348 e. The summed E-state index contributed by atoms with van der Waals surface area (Å²) < 4.78 is 49.3. The highest BCUT2D eigenvalue weighted by Gasteiger charge is 2.43. The third kappa shape index (κ3) is 6.12. The number of hydrogen-bond acceptors (Lipinski definition) is 7. The molecule has 23 heavy (non-hydrogen) atoms. The Morgan fingerprint density at radius 1 is 1.13 bits per heavy atom. The minimum atomic E-state index is -4.37. The average molecular weight is 414 g/mol. The highest BCUT2D eigenvalue weighted by molar-refractivity contribution is 7.87. The van der Waals surface area contributed by atoms with Gasteiger partial charge in [-0.2, -0.15) is 12.7 Å². The number of halogens is 2. The van der Waals surface area contributed by atoms with E-state index in [2.05, 4.69) is 5.29 Å². The second-order valence-electron chi connectivity index (χ2n) is 4.13. The van der Waals surface area contributed by atoms with Gasteiger partial charge in [0.25, 0.3) is 0 Å². The molecule has 1 atom stereocenters. The van der Waals surface area contributed by atoms with Crippen LogP contribution in [0.25, 0.3) is 0 Å². The van der Waals surface area contributed by atoms with E-state index in [1.54, 1.807) is 13.8 Å². The summed E-state index contributed by atoms with van der Waals surface area (Å²) in [5.41, 5.74) is 0. The van der Waals surface area contributed by atoms with Crippen molar-refractivity contribution in [3.05, 3.63) is 4.91 Å². The van der Waals surface area contributed by atoms with Gasteiger partial charge in [0, 0.05) is 18.3 Å². The first-order chi connectivity index (χ1) is 10.7. The predicted molar refractivity (Wildman–Crippen MR) is 89.9 cm³/mol. The smallest absolute Gasteiger partial charge is 0.308 e. The lowest BCUT2D eigenvalue weighted by molar-refractivity contribution is 0.194. The molecular weight excluding hydrogens is 392 g/mol. The topological polar surface area (TPSA) is 106 Å². The number of alkyl halides is 2. The van der Waals surface area contributed by atoms with Crippen LogP contribution in [0.15, 0.2) is 5.29 Å². The minimum Gasteiger partial charge on any atom is -0.308 e. The first-order valence-electron chi connectivity index (χ1n) is 6.88. The molecule has 0 saturated heterocycles. The van der Waals surface area contributed by atoms with Crippen molar-refractivity contribution in [2.45, 2.75) is 26.6 Å². The van der Waals surface area contributed by atoms with Crippen molar-refractivity contribution in [2.24, 2.45) is 5.29 Å². The van der Waals surface area contributed by atoms with Crippen LogP contribution in [0.3, 0.4) is 0 Å². The van der Waals surface area contributed by atoms with Gasteiger partial charge in [-0.05, 0) is 20.8 Å². The van der Waals surface area contributed by atoms with Gasteiger partial charge in [-0.1, -0.05) is 0 Å². The van der Waals surface area contributed by atoms with Crippen molar-refractivity contribution < 1.29 is 22.0 Å². The molecule has 0 aromatic rings. The van der Waals surface area contributed by atoms with Crippen molar-refractivity contribution in [1.82, 2.24) is 8.72 Å². The summed E-state index contributed by atoms with van der Waals surface area (Å²) in [5, 5.41) is 2.46. The lowest BCUT2D eigenvalue weighted by Gasteiger charge is -2.33. The molecule has 0 aromatic heterocycles. The van der Waals surface area contributed by atoms with E-state index in [0.717, 1.165) is 4.31 Å². The summed E-state index contributed by atoms with van der Waals surface area (Å²) >= 11 is 11.1. The quantitative estimate of drug-likeness (QED) is 0.199. The molecule has 0 radical (unpaired) electrons. The van der Waals surface area contributed by atoms with Crippen LogP contribution >= 0.6 is 30.8 Å². The van der Waals surface area contributed by atoms with Crippen molar-refractivity contribution >= 4 is 41.0 Å². The van der Waals surface area contributed by atoms with Crippen molar-refractivity contribution in [3.63, 3.8) is 0 Å². The molecule has 1 unspecified atom stereocenters. The largest absolute Gasteiger partial charge is 0.348 e. The van der Waals surface area contributed by atoms with E-state index in [1.807, 2.05) is 0 Å². The molecule has 0 saturated carbocycles. The van der Waals surface area contributed by atoms with Crippen LogP contribution in [-0.2, 0) is 23.8 Å². The number of nitrogens with zero attached hydrogens (tertiary/aromatic N) is 3. The fourth-order valence-electron chi connectivity index (χ4n) is 1.74. The Morgan fingerprint density at radius 3 is 1.96 bits per heavy atom. The first-order valence-corrected chi connectivity index (χ1v) is 11.0. The SMILES string of the molecule is CCOP(=O)(OCC)C(C)N(CCCl)S(=O)(=O)N(CCCl)N=O. The maximum atomic E-state index is 12.8. The molecule has 138 valence electrons. The summed E-state index contributed by atoms with van der Waals surface area (Å²) in [6.45, 7) is 4.16. The Kier molecular flexibility index (Phi) is 10.8. The van der Waals surface area contributed by atoms with Gasteiger partial charge < -0.3 is 9.05 Å². The summed E-state index contributed by atoms with van der Waals surface area (Å²) in [7, 11) is -8.15. The highest BCUT2D eigenvalue weighted by atomic mass is 35.5. The van der Waals surface area contributed by atoms with E-state index >= 15 is 0 Å². The van der Waals surface area contributed by atoms with Crippen LogP contribution in [-0.4, -0.2) is 61.0 Å². The molecule has 0 rings (SSSR count). The molecule has 0 amide bonds. The molecule has 0 aliphatic heterocycles. The van der Waals surface area contributed by atoms with E-state index in [4.69, 9.17) is 32.2 Å². The minimum absolute atomic E-state index is 0.0632. The zero-order valence-corrected chi connectivity index (χ0v) is 16.4. The van der Waals surface area contributed by atoms with Crippen LogP contribution in [0.2, 0.25) is 0 Å². The van der Waals surface area contributed by atoms with Gasteiger partial charge in [0.15, 0.2) is 0 Å². The van der Waals surface area contributed by atoms with E-state index in [-0.39, 0.29) is 42.5 Å². The number of hydrogen-bond donors (Lipinski definition) is 0. The lowest BCUT2D eigenvalue weighted by Crippen LogP contribution is -2.47. The van der Waals surface area contributed by atoms with Crippen LogP contribution < -0.4 is 0 Å². The third-order valence-corrected chi connectivity index (χ3v) is 7.52. The lowest BCUT2D eigenvalue weighted by atomic mass is 10.6. The summed E-state index contributed by atoms with van der Waals surface area (Å²) in [5.74, 6) is -1.41. The molecular formula is C10H22Cl2N3O6PS. The van der Waals surface area contributed by atoms with Gasteiger partial charge in [-0.15, -0.1) is 32.5 Å². The van der Waals surface area contributed by atoms with Crippen LogP contribution in [0.1, 0.15) is 20.8 Å². The molecule has 0 N–H and O–H groups in total. The predicted octanol–water partition coefficient (Wildman–Crippen LogP) is 2.61. The highest BCUT2D eigenvalue weighted by Crippen LogP contribution is 2.54. The monoisotopic (exact) mass is 413 g/mol. The zero-order valence-electron chi connectivity index (χ0n) is 13.2. The van der Waals surface area contributed by atoms with Crippen LogP contribution in [0.4, 0.5) is 0 Å². The molecule has 0 fully saturated rings. The van der Waals surface area contributed by atoms with Gasteiger partial charge in [0.1, 0.15) is 5.78 Å². The maximum absolute atomic E-state index is 12.8. The van der Waals surface area contributed by atoms with E-state index < -0.39 is 23.6 Å². The van der Waals surface area contributed by atoms with Crippen LogP contribution in [0, 0.1) is 4.91 Å². The Labute approximate surface area is 146 Å². The molecule has 0 aromatic carbocycles. The Bertz CT molecular complexity index is 499. The fraction of sp³-hybridized carbons (Fsp3) is 1.00. The molecule has 0 aliphatic carbocycles. The van der Waals surface area contributed by atoms with Crippen molar-refractivity contribution in [2.75, 3.05) is 38.1 Å². The van der Waals surface area contributed by atoms with E-state index in [1.165, 1.54) is 6.92 Å². The fourth-order valence-corrected chi connectivity index (χ4v) is 6.00. The molecule has 0 heterocycles. The summed E-state index contributed by atoms with van der Waals surface area (Å²) in [4.78, 5) is 10.8. The molecule has 0 spiro atoms. The standard InChI is InChI=1S/C10H22Cl2N3O6PS/c1-4-20-22(17,21-5-2)10(3)14(8-6-11)23(18,19)15(13-16)9-7-12/h10H,4-9H2,1-3H3. The normalized spacial score (nSPS) is 14.0. The Balaban J connectivity index is 5.76. The summed E-state index contributed by atoms with van der Waals surface area (Å²) in [6.07, 6.45) is 0.